The zero-order chi connectivity index (χ0) is 25.0. The summed E-state index contributed by atoms with van der Waals surface area (Å²) in [7, 11) is 1.59. The van der Waals surface area contributed by atoms with Crippen LogP contribution in [0.15, 0.2) is 71.9 Å². The van der Waals surface area contributed by atoms with E-state index in [4.69, 9.17) is 14.2 Å². The lowest BCUT2D eigenvalue weighted by Crippen LogP contribution is -2.33. The zero-order valence-corrected chi connectivity index (χ0v) is 19.7. The number of carbonyl (C=O) groups is 2. The molecule has 0 aromatic heterocycles. The van der Waals surface area contributed by atoms with Crippen LogP contribution in [0.3, 0.4) is 0 Å². The lowest BCUT2D eigenvalue weighted by Gasteiger charge is -2.20. The maximum Gasteiger partial charge on any atom is 0.415 e. The molecule has 1 fully saturated rings. The number of hydrogen-bond donors (Lipinski definition) is 2. The summed E-state index contributed by atoms with van der Waals surface area (Å²) < 4.78 is 16.6. The molecule has 2 N–H and O–H groups in total. The highest BCUT2D eigenvalue weighted by atomic mass is 16.6. The number of benzene rings is 3. The van der Waals surface area contributed by atoms with Gasteiger partial charge in [0.1, 0.15) is 23.0 Å². The predicted octanol–water partition coefficient (Wildman–Crippen LogP) is 5.15. The summed E-state index contributed by atoms with van der Waals surface area (Å²) in [5.74, 6) is 1.32. The number of alkyl carbamates (subject to hydrolysis) is 1. The van der Waals surface area contributed by atoms with Gasteiger partial charge in [-0.15, -0.1) is 0 Å². The van der Waals surface area contributed by atoms with Crippen LogP contribution in [0.4, 0.5) is 4.79 Å². The molecule has 0 unspecified atom stereocenters. The number of cyclic esters (lactones) is 1. The Morgan fingerprint density at radius 1 is 1.03 bits per heavy atom. The molecular formula is C27H26N2O6. The Labute approximate surface area is 203 Å². The third kappa shape index (κ3) is 4.82. The van der Waals surface area contributed by atoms with E-state index in [9.17, 15) is 14.8 Å². The lowest BCUT2D eigenvalue weighted by molar-refractivity contribution is -0.130. The van der Waals surface area contributed by atoms with Crippen LogP contribution in [-0.2, 0) is 21.6 Å². The molecule has 8 heteroatoms. The van der Waals surface area contributed by atoms with Crippen molar-refractivity contribution in [1.29, 1.82) is 0 Å². The Morgan fingerprint density at radius 2 is 1.77 bits per heavy atom. The SMILES string of the molecule is CCCc1cc(/C(=N/O)c2ccc(OC)cc2)ccc1Oc1cccc([C@@]2(C)OC(=O)NC2=O)c1. The number of carbonyl (C=O) groups excluding carboxylic acids is 2. The van der Waals surface area contributed by atoms with Gasteiger partial charge in [0.05, 0.1) is 7.11 Å². The van der Waals surface area contributed by atoms with Crippen molar-refractivity contribution in [2.45, 2.75) is 32.3 Å². The fourth-order valence-corrected chi connectivity index (χ4v) is 3.96. The molecule has 3 aromatic rings. The summed E-state index contributed by atoms with van der Waals surface area (Å²) in [6, 6.07) is 19.8. The van der Waals surface area contributed by atoms with Crippen molar-refractivity contribution >= 4 is 17.7 Å². The molecule has 1 aliphatic heterocycles. The minimum absolute atomic E-state index is 0.431. The summed E-state index contributed by atoms with van der Waals surface area (Å²) in [6.07, 6.45) is 0.840. The molecule has 2 amide bonds. The summed E-state index contributed by atoms with van der Waals surface area (Å²) in [4.78, 5) is 23.8. The van der Waals surface area contributed by atoms with Crippen molar-refractivity contribution in [1.82, 2.24) is 5.32 Å². The monoisotopic (exact) mass is 474 g/mol. The first-order chi connectivity index (χ1) is 16.9. The molecule has 0 saturated carbocycles. The fraction of sp³-hybridized carbons (Fsp3) is 0.222. The number of rotatable bonds is 8. The number of aryl methyl sites for hydroxylation is 1. The third-order valence-electron chi connectivity index (χ3n) is 5.88. The van der Waals surface area contributed by atoms with Gasteiger partial charge < -0.3 is 19.4 Å². The van der Waals surface area contributed by atoms with Crippen molar-refractivity contribution in [3.05, 3.63) is 89.0 Å². The van der Waals surface area contributed by atoms with E-state index in [1.807, 2.05) is 30.3 Å². The largest absolute Gasteiger partial charge is 0.497 e. The molecule has 8 nitrogen and oxygen atoms in total. The number of oxime groups is 1. The second kappa shape index (κ2) is 9.89. The Bertz CT molecular complexity index is 1290. The molecule has 1 atom stereocenters. The minimum Gasteiger partial charge on any atom is -0.497 e. The molecule has 4 rings (SSSR count). The van der Waals surface area contributed by atoms with Crippen molar-refractivity contribution in [3.8, 4) is 17.2 Å². The molecule has 1 saturated heterocycles. The highest BCUT2D eigenvalue weighted by Gasteiger charge is 2.46. The normalized spacial score (nSPS) is 17.6. The number of hydrogen-bond acceptors (Lipinski definition) is 7. The van der Waals surface area contributed by atoms with Crippen LogP contribution in [0.5, 0.6) is 17.2 Å². The van der Waals surface area contributed by atoms with Crippen LogP contribution < -0.4 is 14.8 Å². The number of amides is 2. The smallest absolute Gasteiger partial charge is 0.415 e. The molecular weight excluding hydrogens is 448 g/mol. The zero-order valence-electron chi connectivity index (χ0n) is 19.7. The Morgan fingerprint density at radius 3 is 2.40 bits per heavy atom. The van der Waals surface area contributed by atoms with E-state index in [2.05, 4.69) is 17.4 Å². The van der Waals surface area contributed by atoms with Gasteiger partial charge in [0, 0.05) is 16.7 Å². The number of ether oxygens (including phenoxy) is 3. The van der Waals surface area contributed by atoms with Crippen molar-refractivity contribution in [2.24, 2.45) is 5.16 Å². The van der Waals surface area contributed by atoms with Crippen molar-refractivity contribution in [3.63, 3.8) is 0 Å². The molecule has 0 bridgehead atoms. The Kier molecular flexibility index (Phi) is 6.73. The molecule has 1 heterocycles. The molecule has 0 aliphatic carbocycles. The average molecular weight is 475 g/mol. The van der Waals surface area contributed by atoms with E-state index in [1.165, 1.54) is 0 Å². The Balaban J connectivity index is 1.64. The average Bonchev–Trinajstić information content (AvgIpc) is 3.13. The van der Waals surface area contributed by atoms with Crippen molar-refractivity contribution < 1.29 is 29.0 Å². The molecule has 180 valence electrons. The predicted molar refractivity (Wildman–Crippen MR) is 129 cm³/mol. The summed E-state index contributed by atoms with van der Waals surface area (Å²) in [5, 5.41) is 15.4. The van der Waals surface area contributed by atoms with Gasteiger partial charge in [0.15, 0.2) is 0 Å². The van der Waals surface area contributed by atoms with E-state index in [0.717, 1.165) is 29.5 Å². The van der Waals surface area contributed by atoms with E-state index in [-0.39, 0.29) is 0 Å². The number of nitrogens with zero attached hydrogens (tertiary/aromatic N) is 1. The van der Waals surface area contributed by atoms with Gasteiger partial charge in [-0.1, -0.05) is 30.6 Å². The first-order valence-corrected chi connectivity index (χ1v) is 11.2. The molecule has 35 heavy (non-hydrogen) atoms. The minimum atomic E-state index is -1.42. The van der Waals surface area contributed by atoms with Crippen molar-refractivity contribution in [2.75, 3.05) is 7.11 Å². The summed E-state index contributed by atoms with van der Waals surface area (Å²) in [6.45, 7) is 3.61. The second-order valence-corrected chi connectivity index (χ2v) is 8.26. The van der Waals surface area contributed by atoms with Gasteiger partial charge in [-0.2, -0.15) is 0 Å². The van der Waals surface area contributed by atoms with Crippen LogP contribution >= 0.6 is 0 Å². The van der Waals surface area contributed by atoms with E-state index >= 15 is 0 Å². The van der Waals surface area contributed by atoms with E-state index < -0.39 is 17.6 Å². The Hall–Kier alpha value is -4.33. The molecule has 0 spiro atoms. The summed E-state index contributed by atoms with van der Waals surface area (Å²) in [5.41, 5.74) is 1.93. The van der Waals surface area contributed by atoms with Gasteiger partial charge >= 0.3 is 6.09 Å². The van der Waals surface area contributed by atoms with Crippen LogP contribution in [-0.4, -0.2) is 30.0 Å². The highest BCUT2D eigenvalue weighted by molar-refractivity contribution is 6.12. The number of methoxy groups -OCH3 is 1. The quantitative estimate of drug-likeness (QED) is 0.266. The van der Waals surface area contributed by atoms with Crippen LogP contribution in [0.2, 0.25) is 0 Å². The van der Waals surface area contributed by atoms with Crippen LogP contribution in [0.25, 0.3) is 0 Å². The van der Waals surface area contributed by atoms with Gasteiger partial charge in [-0.05, 0) is 73.5 Å². The van der Waals surface area contributed by atoms with E-state index in [0.29, 0.717) is 28.5 Å². The standard InChI is InChI=1S/C27H26N2O6/c1-4-6-18-15-19(24(29-32)17-9-12-21(33-3)13-10-17)11-14-23(18)34-22-8-5-7-20(16-22)27(2)25(30)28-26(31)35-27/h5,7-16,32H,4,6H2,1-3H3,(H,28,30,31)/b29-24+/t27-/m1/s1. The van der Waals surface area contributed by atoms with Gasteiger partial charge in [0.25, 0.3) is 5.91 Å². The topological polar surface area (TPSA) is 106 Å². The summed E-state index contributed by atoms with van der Waals surface area (Å²) >= 11 is 0. The number of nitrogens with one attached hydrogen (secondary N) is 1. The fourth-order valence-electron chi connectivity index (χ4n) is 3.96. The van der Waals surface area contributed by atoms with Crippen LogP contribution in [0, 0.1) is 0 Å². The molecule has 3 aromatic carbocycles. The second-order valence-electron chi connectivity index (χ2n) is 8.26. The van der Waals surface area contributed by atoms with Gasteiger partial charge in [-0.25, -0.2) is 4.79 Å². The van der Waals surface area contributed by atoms with Gasteiger partial charge in [-0.3, -0.25) is 10.1 Å². The first kappa shape index (κ1) is 23.8. The highest BCUT2D eigenvalue weighted by Crippen LogP contribution is 2.34. The van der Waals surface area contributed by atoms with E-state index in [1.54, 1.807) is 50.4 Å². The van der Waals surface area contributed by atoms with Gasteiger partial charge in [0.2, 0.25) is 5.60 Å². The lowest BCUT2D eigenvalue weighted by atomic mass is 9.95. The first-order valence-electron chi connectivity index (χ1n) is 11.2. The molecule has 0 radical (unpaired) electrons. The number of imide groups is 1. The third-order valence-corrected chi connectivity index (χ3v) is 5.88. The maximum absolute atomic E-state index is 12.3. The molecule has 1 aliphatic rings. The maximum atomic E-state index is 12.3. The van der Waals surface area contributed by atoms with Crippen LogP contribution in [0.1, 0.15) is 42.5 Å².